The van der Waals surface area contributed by atoms with E-state index in [-0.39, 0.29) is 18.6 Å². The molecule has 0 radical (unpaired) electrons. The lowest BCUT2D eigenvalue weighted by Crippen LogP contribution is -2.36. The largest absolute Gasteiger partial charge is 0.394 e. The predicted molar refractivity (Wildman–Crippen MR) is 61.4 cm³/mol. The van der Waals surface area contributed by atoms with Gasteiger partial charge in [0.15, 0.2) is 0 Å². The van der Waals surface area contributed by atoms with Gasteiger partial charge in [0.05, 0.1) is 12.6 Å². The third kappa shape index (κ3) is 8.39. The van der Waals surface area contributed by atoms with Gasteiger partial charge in [-0.05, 0) is 25.8 Å². The minimum absolute atomic E-state index is 0.0232. The minimum atomic E-state index is -0.0819. The molecule has 0 aromatic heterocycles. The SMILES string of the molecule is CCC(CO)NC(=O)CCCCCCN. The lowest BCUT2D eigenvalue weighted by atomic mass is 10.1. The number of hydrogen-bond donors (Lipinski definition) is 3. The first kappa shape index (κ1) is 14.4. The molecule has 0 saturated heterocycles. The summed E-state index contributed by atoms with van der Waals surface area (Å²) in [4.78, 5) is 11.4. The summed E-state index contributed by atoms with van der Waals surface area (Å²) in [5.41, 5.74) is 5.37. The van der Waals surface area contributed by atoms with Gasteiger partial charge in [-0.1, -0.05) is 19.8 Å². The highest BCUT2D eigenvalue weighted by Crippen LogP contribution is 2.02. The zero-order valence-electron chi connectivity index (χ0n) is 9.67. The van der Waals surface area contributed by atoms with E-state index in [1.807, 2.05) is 6.92 Å². The Morgan fingerprint density at radius 3 is 2.53 bits per heavy atom. The second-order valence-electron chi connectivity index (χ2n) is 3.81. The van der Waals surface area contributed by atoms with Gasteiger partial charge < -0.3 is 16.2 Å². The Morgan fingerprint density at radius 1 is 1.33 bits per heavy atom. The van der Waals surface area contributed by atoms with Crippen LogP contribution in [0.4, 0.5) is 0 Å². The minimum Gasteiger partial charge on any atom is -0.394 e. The van der Waals surface area contributed by atoms with E-state index < -0.39 is 0 Å². The van der Waals surface area contributed by atoms with Crippen LogP contribution in [0, 0.1) is 0 Å². The van der Waals surface area contributed by atoms with E-state index in [1.165, 1.54) is 0 Å². The summed E-state index contributed by atoms with van der Waals surface area (Å²) in [5, 5.41) is 11.7. The Labute approximate surface area is 92.2 Å². The summed E-state index contributed by atoms with van der Waals surface area (Å²) in [6.07, 6.45) is 5.43. The average molecular weight is 216 g/mol. The van der Waals surface area contributed by atoms with Crippen molar-refractivity contribution in [3.05, 3.63) is 0 Å². The zero-order valence-corrected chi connectivity index (χ0v) is 9.67. The molecule has 1 atom stereocenters. The number of nitrogens with two attached hydrogens (primary N) is 1. The highest BCUT2D eigenvalue weighted by Gasteiger charge is 2.07. The number of amides is 1. The van der Waals surface area contributed by atoms with Crippen molar-refractivity contribution in [1.82, 2.24) is 5.32 Å². The molecule has 0 heterocycles. The molecule has 0 aliphatic carbocycles. The fourth-order valence-corrected chi connectivity index (χ4v) is 1.36. The van der Waals surface area contributed by atoms with E-state index in [2.05, 4.69) is 5.32 Å². The first-order chi connectivity index (χ1) is 7.24. The molecule has 0 saturated carbocycles. The molecule has 0 aliphatic heterocycles. The molecule has 15 heavy (non-hydrogen) atoms. The van der Waals surface area contributed by atoms with Crippen molar-refractivity contribution in [3.8, 4) is 0 Å². The van der Waals surface area contributed by atoms with Gasteiger partial charge in [-0.3, -0.25) is 4.79 Å². The van der Waals surface area contributed by atoms with Gasteiger partial charge in [0.1, 0.15) is 0 Å². The molecule has 90 valence electrons. The van der Waals surface area contributed by atoms with Crippen molar-refractivity contribution in [2.24, 2.45) is 5.73 Å². The van der Waals surface area contributed by atoms with Crippen LogP contribution in [0.25, 0.3) is 0 Å². The molecule has 0 aliphatic rings. The summed E-state index contributed by atoms with van der Waals surface area (Å²) in [5.74, 6) is 0.0450. The maximum absolute atomic E-state index is 11.4. The number of nitrogens with one attached hydrogen (secondary N) is 1. The van der Waals surface area contributed by atoms with Crippen LogP contribution >= 0.6 is 0 Å². The van der Waals surface area contributed by atoms with Crippen molar-refractivity contribution in [2.75, 3.05) is 13.2 Å². The lowest BCUT2D eigenvalue weighted by molar-refractivity contribution is -0.122. The van der Waals surface area contributed by atoms with E-state index in [4.69, 9.17) is 10.8 Å². The molecule has 0 rings (SSSR count). The van der Waals surface area contributed by atoms with Crippen molar-refractivity contribution < 1.29 is 9.90 Å². The Balaban J connectivity index is 3.40. The van der Waals surface area contributed by atoms with Gasteiger partial charge in [0.2, 0.25) is 5.91 Å². The van der Waals surface area contributed by atoms with E-state index in [1.54, 1.807) is 0 Å². The van der Waals surface area contributed by atoms with Crippen LogP contribution in [-0.2, 0) is 4.79 Å². The summed E-state index contributed by atoms with van der Waals surface area (Å²) >= 11 is 0. The van der Waals surface area contributed by atoms with Crippen LogP contribution in [0.15, 0.2) is 0 Å². The van der Waals surface area contributed by atoms with Gasteiger partial charge in [-0.15, -0.1) is 0 Å². The van der Waals surface area contributed by atoms with Crippen LogP contribution < -0.4 is 11.1 Å². The number of aliphatic hydroxyl groups excluding tert-OH is 1. The zero-order chi connectivity index (χ0) is 11.5. The maximum Gasteiger partial charge on any atom is 0.220 e. The highest BCUT2D eigenvalue weighted by atomic mass is 16.3. The first-order valence-electron chi connectivity index (χ1n) is 5.84. The van der Waals surface area contributed by atoms with Crippen molar-refractivity contribution in [3.63, 3.8) is 0 Å². The second kappa shape index (κ2) is 9.93. The predicted octanol–water partition coefficient (Wildman–Crippen LogP) is 0.783. The molecular weight excluding hydrogens is 192 g/mol. The molecule has 4 nitrogen and oxygen atoms in total. The molecule has 0 aromatic carbocycles. The number of carbonyl (C=O) groups excluding carboxylic acids is 1. The van der Waals surface area contributed by atoms with E-state index in [0.717, 1.165) is 38.6 Å². The average Bonchev–Trinajstić information content (AvgIpc) is 2.25. The molecule has 0 bridgehead atoms. The molecule has 0 spiro atoms. The molecule has 0 aromatic rings. The van der Waals surface area contributed by atoms with E-state index in [9.17, 15) is 4.79 Å². The van der Waals surface area contributed by atoms with Crippen molar-refractivity contribution >= 4 is 5.91 Å². The summed E-state index contributed by atoms with van der Waals surface area (Å²) < 4.78 is 0. The number of aliphatic hydroxyl groups is 1. The van der Waals surface area contributed by atoms with Gasteiger partial charge >= 0.3 is 0 Å². The number of unbranched alkanes of at least 4 members (excludes halogenated alkanes) is 3. The fraction of sp³-hybridized carbons (Fsp3) is 0.909. The Kier molecular flexibility index (Phi) is 9.52. The van der Waals surface area contributed by atoms with Crippen LogP contribution in [0.3, 0.4) is 0 Å². The molecule has 4 N–H and O–H groups in total. The molecule has 1 amide bonds. The standard InChI is InChI=1S/C11H24N2O2/c1-2-10(9-14)13-11(15)7-5-3-4-6-8-12/h10,14H,2-9,12H2,1H3,(H,13,15). The molecular formula is C11H24N2O2. The normalized spacial score (nSPS) is 12.5. The monoisotopic (exact) mass is 216 g/mol. The Hall–Kier alpha value is -0.610. The third-order valence-corrected chi connectivity index (χ3v) is 2.44. The van der Waals surface area contributed by atoms with Gasteiger partial charge in [0.25, 0.3) is 0 Å². The Morgan fingerprint density at radius 2 is 2.00 bits per heavy atom. The summed E-state index contributed by atoms with van der Waals surface area (Å²) in [7, 11) is 0. The maximum atomic E-state index is 11.4. The summed E-state index contributed by atoms with van der Waals surface area (Å²) in [6, 6.07) is -0.0819. The number of carbonyl (C=O) groups is 1. The third-order valence-electron chi connectivity index (χ3n) is 2.44. The molecule has 0 fully saturated rings. The van der Waals surface area contributed by atoms with Crippen LogP contribution in [0.2, 0.25) is 0 Å². The molecule has 4 heteroatoms. The fourth-order valence-electron chi connectivity index (χ4n) is 1.36. The van der Waals surface area contributed by atoms with Gasteiger partial charge in [-0.25, -0.2) is 0 Å². The molecule has 1 unspecified atom stereocenters. The van der Waals surface area contributed by atoms with Crippen molar-refractivity contribution in [2.45, 2.75) is 51.5 Å². The first-order valence-corrected chi connectivity index (χ1v) is 5.84. The lowest BCUT2D eigenvalue weighted by Gasteiger charge is -2.13. The number of rotatable bonds is 9. The smallest absolute Gasteiger partial charge is 0.220 e. The van der Waals surface area contributed by atoms with Crippen LogP contribution in [0.1, 0.15) is 45.4 Å². The highest BCUT2D eigenvalue weighted by molar-refractivity contribution is 5.76. The number of hydrogen-bond acceptors (Lipinski definition) is 3. The van der Waals surface area contributed by atoms with Gasteiger partial charge in [0, 0.05) is 6.42 Å². The van der Waals surface area contributed by atoms with E-state index in [0.29, 0.717) is 6.42 Å². The quantitative estimate of drug-likeness (QED) is 0.499. The van der Waals surface area contributed by atoms with Gasteiger partial charge in [-0.2, -0.15) is 0 Å². The van der Waals surface area contributed by atoms with Crippen molar-refractivity contribution in [1.29, 1.82) is 0 Å². The van der Waals surface area contributed by atoms with E-state index >= 15 is 0 Å². The van der Waals surface area contributed by atoms with Crippen LogP contribution in [-0.4, -0.2) is 30.2 Å². The summed E-state index contributed by atoms with van der Waals surface area (Å²) in [6.45, 7) is 2.70. The Bertz CT molecular complexity index is 159. The second-order valence-corrected chi connectivity index (χ2v) is 3.81. The van der Waals surface area contributed by atoms with Crippen LogP contribution in [0.5, 0.6) is 0 Å². The topological polar surface area (TPSA) is 75.3 Å².